The smallest absolute Gasteiger partial charge is 0.336 e. The molecule has 0 saturated heterocycles. The van der Waals surface area contributed by atoms with Gasteiger partial charge in [0.2, 0.25) is 0 Å². The number of carbonyl (C=O) groups excluding carboxylic acids is 1. The van der Waals surface area contributed by atoms with Crippen LogP contribution in [0.5, 0.6) is 0 Å². The van der Waals surface area contributed by atoms with Gasteiger partial charge in [-0.25, -0.2) is 9.78 Å². The fourth-order valence-corrected chi connectivity index (χ4v) is 2.73. The summed E-state index contributed by atoms with van der Waals surface area (Å²) in [6.45, 7) is 3.80. The van der Waals surface area contributed by atoms with Gasteiger partial charge >= 0.3 is 5.97 Å². The third-order valence-corrected chi connectivity index (χ3v) is 3.91. The Morgan fingerprint density at radius 2 is 1.86 bits per heavy atom. The van der Waals surface area contributed by atoms with E-state index in [1.807, 2.05) is 5.38 Å². The van der Waals surface area contributed by atoms with Crippen molar-refractivity contribution in [3.05, 3.63) is 51.0 Å². The van der Waals surface area contributed by atoms with E-state index in [0.717, 1.165) is 5.69 Å². The number of aromatic nitrogens is 1. The molecule has 0 bridgehead atoms. The van der Waals surface area contributed by atoms with E-state index >= 15 is 0 Å². The molecule has 0 spiro atoms. The molecule has 0 aliphatic heterocycles. The number of hydrogen-bond acceptors (Lipinski definition) is 4. The first kappa shape index (κ1) is 15.2. The predicted octanol–water partition coefficient (Wildman–Crippen LogP) is 2.73. The molecule has 2 rings (SSSR count). The molecule has 1 heterocycles. The fourth-order valence-electron chi connectivity index (χ4n) is 2.18. The number of aryl methyl sites for hydroxylation is 2. The first-order chi connectivity index (χ1) is 9.91. The van der Waals surface area contributed by atoms with Gasteiger partial charge in [-0.3, -0.25) is 4.79 Å². The van der Waals surface area contributed by atoms with E-state index in [2.05, 4.69) is 4.98 Å². The molecule has 0 aliphatic rings. The van der Waals surface area contributed by atoms with E-state index in [1.165, 1.54) is 16.2 Å². The molecule has 1 aromatic carbocycles. The van der Waals surface area contributed by atoms with Crippen LogP contribution < -0.4 is 0 Å². The summed E-state index contributed by atoms with van der Waals surface area (Å²) >= 11 is 1.46. The molecular weight excluding hydrogens is 288 g/mol. The highest BCUT2D eigenvalue weighted by atomic mass is 32.1. The van der Waals surface area contributed by atoms with Crippen LogP contribution in [0.4, 0.5) is 0 Å². The van der Waals surface area contributed by atoms with Crippen molar-refractivity contribution in [1.82, 2.24) is 9.88 Å². The van der Waals surface area contributed by atoms with Crippen molar-refractivity contribution in [2.45, 2.75) is 20.4 Å². The molecule has 21 heavy (non-hydrogen) atoms. The lowest BCUT2D eigenvalue weighted by atomic mass is 9.96. The number of thiazole rings is 1. The van der Waals surface area contributed by atoms with E-state index in [0.29, 0.717) is 17.7 Å². The summed E-state index contributed by atoms with van der Waals surface area (Å²) < 4.78 is 0. The summed E-state index contributed by atoms with van der Waals surface area (Å²) in [5.74, 6) is -1.39. The maximum atomic E-state index is 12.6. The van der Waals surface area contributed by atoms with Gasteiger partial charge in [0.15, 0.2) is 0 Å². The number of aromatic carboxylic acids is 1. The van der Waals surface area contributed by atoms with Crippen LogP contribution in [0, 0.1) is 13.8 Å². The monoisotopic (exact) mass is 304 g/mol. The van der Waals surface area contributed by atoms with Crippen LogP contribution in [-0.2, 0) is 6.54 Å². The van der Waals surface area contributed by atoms with Crippen LogP contribution in [0.1, 0.15) is 37.5 Å². The molecule has 0 aliphatic carbocycles. The van der Waals surface area contributed by atoms with Gasteiger partial charge in [-0.05, 0) is 25.0 Å². The summed E-state index contributed by atoms with van der Waals surface area (Å²) in [4.78, 5) is 29.7. The van der Waals surface area contributed by atoms with Gasteiger partial charge in [0.1, 0.15) is 0 Å². The number of hydrogen-bond donors (Lipinski definition) is 1. The van der Waals surface area contributed by atoms with Crippen LogP contribution >= 0.6 is 11.3 Å². The highest BCUT2D eigenvalue weighted by Crippen LogP contribution is 2.21. The van der Waals surface area contributed by atoms with Gasteiger partial charge in [-0.15, -0.1) is 11.3 Å². The van der Waals surface area contributed by atoms with Crippen molar-refractivity contribution in [3.8, 4) is 0 Å². The number of benzene rings is 1. The third kappa shape index (κ3) is 3.11. The van der Waals surface area contributed by atoms with Gasteiger partial charge < -0.3 is 10.0 Å². The Balaban J connectivity index is 2.38. The average molecular weight is 304 g/mol. The number of nitrogens with zero attached hydrogens (tertiary/aromatic N) is 2. The van der Waals surface area contributed by atoms with E-state index in [-0.39, 0.29) is 17.0 Å². The zero-order chi connectivity index (χ0) is 15.6. The second-order valence-electron chi connectivity index (χ2n) is 4.90. The van der Waals surface area contributed by atoms with Crippen molar-refractivity contribution in [2.24, 2.45) is 0 Å². The van der Waals surface area contributed by atoms with Crippen LogP contribution in [0.3, 0.4) is 0 Å². The van der Waals surface area contributed by atoms with E-state index in [1.54, 1.807) is 38.5 Å². The minimum atomic E-state index is -1.08. The standard InChI is InChI=1S/C15H16N2O3S/c1-9-4-5-10(2)13(15(19)20)12(9)14(18)17(3)6-11-7-21-8-16-11/h4-5,7-8H,6H2,1-3H3,(H,19,20). The van der Waals surface area contributed by atoms with Crippen molar-refractivity contribution in [1.29, 1.82) is 0 Å². The van der Waals surface area contributed by atoms with E-state index in [9.17, 15) is 14.7 Å². The molecule has 0 unspecified atom stereocenters. The van der Waals surface area contributed by atoms with Gasteiger partial charge in [0.25, 0.3) is 5.91 Å². The lowest BCUT2D eigenvalue weighted by molar-refractivity contribution is 0.0679. The normalized spacial score (nSPS) is 10.4. The van der Waals surface area contributed by atoms with Gasteiger partial charge in [-0.2, -0.15) is 0 Å². The number of rotatable bonds is 4. The Labute approximate surface area is 126 Å². The maximum absolute atomic E-state index is 12.6. The fraction of sp³-hybridized carbons (Fsp3) is 0.267. The highest BCUT2D eigenvalue weighted by Gasteiger charge is 2.24. The molecule has 1 amide bonds. The molecule has 6 heteroatoms. The Hall–Kier alpha value is -2.21. The SMILES string of the molecule is Cc1ccc(C)c(C(=O)N(C)Cc2cscn2)c1C(=O)O. The summed E-state index contributed by atoms with van der Waals surface area (Å²) in [7, 11) is 1.65. The average Bonchev–Trinajstić information content (AvgIpc) is 2.92. The zero-order valence-corrected chi connectivity index (χ0v) is 12.9. The molecule has 1 aromatic heterocycles. The number of carboxylic acid groups (broad SMARTS) is 1. The highest BCUT2D eigenvalue weighted by molar-refractivity contribution is 7.07. The molecule has 110 valence electrons. The molecule has 0 saturated carbocycles. The molecule has 2 aromatic rings. The predicted molar refractivity (Wildman–Crippen MR) is 80.8 cm³/mol. The number of amides is 1. The largest absolute Gasteiger partial charge is 0.478 e. The Morgan fingerprint density at radius 1 is 1.24 bits per heavy atom. The van der Waals surface area contributed by atoms with Crippen LogP contribution in [0.25, 0.3) is 0 Å². The van der Waals surface area contributed by atoms with Crippen LogP contribution in [0.15, 0.2) is 23.0 Å². The number of carbonyl (C=O) groups is 2. The third-order valence-electron chi connectivity index (χ3n) is 3.28. The second kappa shape index (κ2) is 6.05. The Bertz CT molecular complexity index is 680. The van der Waals surface area contributed by atoms with Gasteiger partial charge in [0.05, 0.1) is 28.9 Å². The van der Waals surface area contributed by atoms with E-state index in [4.69, 9.17) is 0 Å². The maximum Gasteiger partial charge on any atom is 0.336 e. The lowest BCUT2D eigenvalue weighted by Crippen LogP contribution is -2.29. The molecule has 0 fully saturated rings. The van der Waals surface area contributed by atoms with Gasteiger partial charge in [-0.1, -0.05) is 12.1 Å². The Kier molecular flexibility index (Phi) is 4.37. The topological polar surface area (TPSA) is 70.5 Å². The minimum Gasteiger partial charge on any atom is -0.478 e. The van der Waals surface area contributed by atoms with Crippen molar-refractivity contribution in [3.63, 3.8) is 0 Å². The Morgan fingerprint density at radius 3 is 2.38 bits per heavy atom. The van der Waals surface area contributed by atoms with Crippen molar-refractivity contribution in [2.75, 3.05) is 7.05 Å². The van der Waals surface area contributed by atoms with Gasteiger partial charge in [0, 0.05) is 12.4 Å². The van der Waals surface area contributed by atoms with Crippen molar-refractivity contribution < 1.29 is 14.7 Å². The van der Waals surface area contributed by atoms with Crippen LogP contribution in [0.2, 0.25) is 0 Å². The second-order valence-corrected chi connectivity index (χ2v) is 5.61. The summed E-state index contributed by atoms with van der Waals surface area (Å²) in [5, 5.41) is 11.2. The first-order valence-electron chi connectivity index (χ1n) is 6.38. The van der Waals surface area contributed by atoms with Crippen molar-refractivity contribution >= 4 is 23.2 Å². The quantitative estimate of drug-likeness (QED) is 0.943. The summed E-state index contributed by atoms with van der Waals surface area (Å²) in [6.07, 6.45) is 0. The molecule has 1 N–H and O–H groups in total. The molecule has 0 radical (unpaired) electrons. The molecular formula is C15H16N2O3S. The first-order valence-corrected chi connectivity index (χ1v) is 7.32. The van der Waals surface area contributed by atoms with Crippen LogP contribution in [-0.4, -0.2) is 33.9 Å². The summed E-state index contributed by atoms with van der Waals surface area (Å²) in [5.41, 5.74) is 4.06. The summed E-state index contributed by atoms with van der Waals surface area (Å²) in [6, 6.07) is 3.49. The minimum absolute atomic E-state index is 0.0742. The number of carboxylic acids is 1. The molecule has 0 atom stereocenters. The van der Waals surface area contributed by atoms with E-state index < -0.39 is 5.97 Å². The molecule has 5 nitrogen and oxygen atoms in total. The zero-order valence-electron chi connectivity index (χ0n) is 12.1. The lowest BCUT2D eigenvalue weighted by Gasteiger charge is -2.19.